The van der Waals surface area contributed by atoms with E-state index in [0.29, 0.717) is 27.6 Å². The first-order chi connectivity index (χ1) is 16.5. The molecule has 2 aromatic heterocycles. The predicted octanol–water partition coefficient (Wildman–Crippen LogP) is 6.01. The van der Waals surface area contributed by atoms with E-state index in [1.165, 1.54) is 52.0 Å². The van der Waals surface area contributed by atoms with E-state index in [2.05, 4.69) is 23.3 Å². The molecule has 0 saturated carbocycles. The van der Waals surface area contributed by atoms with Crippen LogP contribution in [0, 0.1) is 11.8 Å². The molecule has 35 heavy (non-hydrogen) atoms. The number of hydrogen-bond acceptors (Lipinski definition) is 5. The fraction of sp³-hybridized carbons (Fsp3) is 0.391. The van der Waals surface area contributed by atoms with E-state index in [9.17, 15) is 21.6 Å². The number of thiophene rings is 1. The molecule has 0 bridgehead atoms. The van der Waals surface area contributed by atoms with Crippen LogP contribution < -0.4 is 0 Å². The van der Waals surface area contributed by atoms with Gasteiger partial charge in [-0.25, -0.2) is 4.68 Å². The average molecular weight is 543 g/mol. The van der Waals surface area contributed by atoms with Crippen LogP contribution in [-0.4, -0.2) is 47.6 Å². The Bertz CT molecular complexity index is 1290. The number of likely N-dealkylation sites (tertiary alicyclic amines) is 1. The smallest absolute Gasteiger partial charge is 0.350 e. The van der Waals surface area contributed by atoms with Crippen LogP contribution in [0.25, 0.3) is 16.3 Å². The average Bonchev–Trinajstić information content (AvgIpc) is 3.46. The maximum absolute atomic E-state index is 13.3. The second-order valence-electron chi connectivity index (χ2n) is 8.70. The van der Waals surface area contributed by atoms with Gasteiger partial charge in [0.05, 0.1) is 21.2 Å². The molecule has 0 N–H and O–H groups in total. The summed E-state index contributed by atoms with van der Waals surface area (Å²) in [6.07, 6.45) is -1.72. The normalized spacial score (nSPS) is 19.8. The maximum atomic E-state index is 13.3. The van der Waals surface area contributed by atoms with Gasteiger partial charge in [0.2, 0.25) is 0 Å². The molecular formula is C23H25F3N4O2S3. The van der Waals surface area contributed by atoms with E-state index >= 15 is 0 Å². The van der Waals surface area contributed by atoms with Crippen molar-refractivity contribution in [2.24, 2.45) is 16.2 Å². The SMILES string of the molecule is CSC(=NS(=O)(=O)c1ccc(-n2nc(C(F)(F)F)cc2-c2cccs2)cc1)N1C[C@H](C)C[C@@H](C)C1. The fourth-order valence-electron chi connectivity index (χ4n) is 4.27. The van der Waals surface area contributed by atoms with E-state index < -0.39 is 21.9 Å². The van der Waals surface area contributed by atoms with Gasteiger partial charge < -0.3 is 4.90 Å². The molecule has 0 unspecified atom stereocenters. The minimum atomic E-state index is -4.60. The number of piperidine rings is 1. The van der Waals surface area contributed by atoms with Gasteiger partial charge in [-0.3, -0.25) is 0 Å². The molecule has 3 heterocycles. The highest BCUT2D eigenvalue weighted by Crippen LogP contribution is 2.35. The Morgan fingerprint density at radius 2 is 1.80 bits per heavy atom. The summed E-state index contributed by atoms with van der Waals surface area (Å²) in [6.45, 7) is 5.76. The van der Waals surface area contributed by atoms with Gasteiger partial charge in [0.15, 0.2) is 10.9 Å². The summed E-state index contributed by atoms with van der Waals surface area (Å²) in [4.78, 5) is 2.58. The van der Waals surface area contributed by atoms with E-state index in [1.54, 1.807) is 23.8 Å². The summed E-state index contributed by atoms with van der Waals surface area (Å²) in [6, 6.07) is 10.0. The zero-order chi connectivity index (χ0) is 25.4. The second-order valence-corrected chi connectivity index (χ2v) is 12.0. The predicted molar refractivity (Wildman–Crippen MR) is 135 cm³/mol. The molecule has 2 atom stereocenters. The number of aromatic nitrogens is 2. The quantitative estimate of drug-likeness (QED) is 0.299. The van der Waals surface area contributed by atoms with Crippen molar-refractivity contribution in [3.63, 3.8) is 0 Å². The third-order valence-corrected chi connectivity index (χ3v) is 8.68. The first kappa shape index (κ1) is 25.8. The number of thioether (sulfide) groups is 1. The zero-order valence-electron chi connectivity index (χ0n) is 19.4. The first-order valence-electron chi connectivity index (χ1n) is 10.9. The molecule has 1 aliphatic heterocycles. The third kappa shape index (κ3) is 5.75. The van der Waals surface area contributed by atoms with Gasteiger partial charge >= 0.3 is 6.18 Å². The van der Waals surface area contributed by atoms with E-state index in [1.807, 2.05) is 4.90 Å². The Balaban J connectivity index is 1.66. The Hall–Kier alpha value is -2.31. The summed E-state index contributed by atoms with van der Waals surface area (Å²) in [5, 5.41) is 5.95. The van der Waals surface area contributed by atoms with Gasteiger partial charge in [0.25, 0.3) is 10.0 Å². The van der Waals surface area contributed by atoms with Crippen molar-refractivity contribution < 1.29 is 21.6 Å². The first-order valence-corrected chi connectivity index (χ1v) is 14.5. The summed E-state index contributed by atoms with van der Waals surface area (Å²) in [5.41, 5.74) is -0.425. The van der Waals surface area contributed by atoms with Crippen molar-refractivity contribution in [2.45, 2.75) is 31.3 Å². The summed E-state index contributed by atoms with van der Waals surface area (Å²) < 4.78 is 71.4. The largest absolute Gasteiger partial charge is 0.435 e. The van der Waals surface area contributed by atoms with E-state index in [4.69, 9.17) is 0 Å². The molecular weight excluding hydrogens is 517 g/mol. The van der Waals surface area contributed by atoms with Crippen molar-refractivity contribution in [2.75, 3.05) is 19.3 Å². The fourth-order valence-corrected chi connectivity index (χ4v) is 6.91. The number of nitrogens with zero attached hydrogens (tertiary/aromatic N) is 4. The van der Waals surface area contributed by atoms with Gasteiger partial charge in [0.1, 0.15) is 0 Å². The molecule has 4 rings (SSSR count). The molecule has 1 saturated heterocycles. The number of rotatable bonds is 4. The van der Waals surface area contributed by atoms with Crippen molar-refractivity contribution in [1.29, 1.82) is 0 Å². The maximum Gasteiger partial charge on any atom is 0.435 e. The molecule has 1 aliphatic rings. The van der Waals surface area contributed by atoms with Crippen LogP contribution in [0.2, 0.25) is 0 Å². The molecule has 188 valence electrons. The third-order valence-electron chi connectivity index (χ3n) is 5.67. The van der Waals surface area contributed by atoms with Crippen LogP contribution in [0.1, 0.15) is 26.0 Å². The lowest BCUT2D eigenvalue weighted by Gasteiger charge is -2.36. The number of alkyl halides is 3. The zero-order valence-corrected chi connectivity index (χ0v) is 21.8. The molecule has 1 aromatic carbocycles. The van der Waals surface area contributed by atoms with Crippen molar-refractivity contribution >= 4 is 38.3 Å². The monoisotopic (exact) mass is 542 g/mol. The van der Waals surface area contributed by atoms with Gasteiger partial charge in [-0.2, -0.15) is 26.7 Å². The number of halogens is 3. The summed E-state index contributed by atoms with van der Waals surface area (Å²) in [7, 11) is -4.01. The summed E-state index contributed by atoms with van der Waals surface area (Å²) >= 11 is 2.58. The minimum absolute atomic E-state index is 0.0354. The molecule has 3 aromatic rings. The number of sulfonamides is 1. The van der Waals surface area contributed by atoms with Crippen LogP contribution in [-0.2, 0) is 16.2 Å². The second kappa shape index (κ2) is 9.98. The van der Waals surface area contributed by atoms with E-state index in [-0.39, 0.29) is 10.6 Å². The Labute approximate surface area is 210 Å². The summed E-state index contributed by atoms with van der Waals surface area (Å²) in [5.74, 6) is 0.873. The number of amidine groups is 1. The van der Waals surface area contributed by atoms with Crippen LogP contribution >= 0.6 is 23.1 Å². The Kier molecular flexibility index (Phi) is 7.35. The lowest BCUT2D eigenvalue weighted by Crippen LogP contribution is -2.41. The van der Waals surface area contributed by atoms with Crippen molar-refractivity contribution in [1.82, 2.24) is 14.7 Å². The van der Waals surface area contributed by atoms with E-state index in [0.717, 1.165) is 25.6 Å². The molecule has 6 nitrogen and oxygen atoms in total. The van der Waals surface area contributed by atoms with Gasteiger partial charge in [-0.15, -0.1) is 15.7 Å². The molecule has 1 fully saturated rings. The number of benzene rings is 1. The van der Waals surface area contributed by atoms with Gasteiger partial charge in [-0.1, -0.05) is 31.7 Å². The highest BCUT2D eigenvalue weighted by atomic mass is 32.2. The Morgan fingerprint density at radius 1 is 1.14 bits per heavy atom. The van der Waals surface area contributed by atoms with Crippen molar-refractivity contribution in [3.8, 4) is 16.3 Å². The minimum Gasteiger partial charge on any atom is -0.350 e. The highest BCUT2D eigenvalue weighted by Gasteiger charge is 2.35. The van der Waals surface area contributed by atoms with Gasteiger partial charge in [0, 0.05) is 13.1 Å². The van der Waals surface area contributed by atoms with Crippen LogP contribution in [0.5, 0.6) is 0 Å². The molecule has 12 heteroatoms. The lowest BCUT2D eigenvalue weighted by atomic mass is 9.92. The highest BCUT2D eigenvalue weighted by molar-refractivity contribution is 8.13. The topological polar surface area (TPSA) is 67.6 Å². The molecule has 0 spiro atoms. The van der Waals surface area contributed by atoms with Crippen molar-refractivity contribution in [3.05, 3.63) is 53.5 Å². The molecule has 0 aliphatic carbocycles. The van der Waals surface area contributed by atoms with Crippen LogP contribution in [0.15, 0.2) is 57.1 Å². The van der Waals surface area contributed by atoms with Crippen LogP contribution in [0.3, 0.4) is 0 Å². The standard InChI is InChI=1S/C23H25F3N4O2S3/c1-15-11-16(2)14-29(13-15)22(33-3)28-35(31,32)18-8-6-17(7-9-18)30-19(20-5-4-10-34-20)12-21(27-30)23(24,25)26/h4-10,12,15-16H,11,13-14H2,1-3H3/t15-,16-/m1/s1. The lowest BCUT2D eigenvalue weighted by molar-refractivity contribution is -0.141. The molecule has 0 radical (unpaired) electrons. The number of hydrogen-bond donors (Lipinski definition) is 0. The molecule has 0 amide bonds. The van der Waals surface area contributed by atoms with Crippen LogP contribution in [0.4, 0.5) is 13.2 Å². The van der Waals surface area contributed by atoms with Gasteiger partial charge in [-0.05, 0) is 66.3 Å². The Morgan fingerprint density at radius 3 is 2.34 bits per heavy atom.